The van der Waals surface area contributed by atoms with Crippen molar-refractivity contribution in [3.8, 4) is 0 Å². The summed E-state index contributed by atoms with van der Waals surface area (Å²) in [5.74, 6) is 4.00. The summed E-state index contributed by atoms with van der Waals surface area (Å²) in [5.41, 5.74) is 6.61. The molecule has 2 rings (SSSR count). The van der Waals surface area contributed by atoms with Gasteiger partial charge >= 0.3 is 0 Å². The fraction of sp³-hybridized carbons (Fsp3) is 0.727. The van der Waals surface area contributed by atoms with E-state index in [-0.39, 0.29) is 0 Å². The number of rotatable bonds is 4. The van der Waals surface area contributed by atoms with Crippen molar-refractivity contribution in [2.24, 2.45) is 5.73 Å². The summed E-state index contributed by atoms with van der Waals surface area (Å²) in [7, 11) is 0. The Balaban J connectivity index is 1.93. The number of aryl methyl sites for hydroxylation is 1. The second-order valence-corrected chi connectivity index (χ2v) is 5.17. The lowest BCUT2D eigenvalue weighted by molar-refractivity contribution is 0.487. The van der Waals surface area contributed by atoms with Crippen LogP contribution in [0.15, 0.2) is 10.7 Å². The van der Waals surface area contributed by atoms with E-state index in [0.717, 1.165) is 24.4 Å². The van der Waals surface area contributed by atoms with Gasteiger partial charge in [0, 0.05) is 12.3 Å². The smallest absolute Gasteiger partial charge is 0.194 e. The van der Waals surface area contributed by atoms with Crippen molar-refractivity contribution in [2.45, 2.75) is 31.6 Å². The van der Waals surface area contributed by atoms with E-state index in [1.807, 2.05) is 18.0 Å². The number of hydrogen-bond acceptors (Lipinski definition) is 4. The van der Waals surface area contributed by atoms with Crippen LogP contribution < -0.4 is 5.73 Å². The predicted octanol–water partition coefficient (Wildman–Crippen LogP) is 2.18. The highest BCUT2D eigenvalue weighted by molar-refractivity contribution is 7.99. The molecule has 2 N–H and O–H groups in total. The molecule has 0 atom stereocenters. The van der Waals surface area contributed by atoms with Crippen LogP contribution in [0.2, 0.25) is 0 Å². The fourth-order valence-electron chi connectivity index (χ4n) is 1.87. The van der Waals surface area contributed by atoms with Crippen molar-refractivity contribution in [3.63, 3.8) is 0 Å². The minimum Gasteiger partial charge on any atom is -0.449 e. The first-order chi connectivity index (χ1) is 7.40. The maximum Gasteiger partial charge on any atom is 0.194 e. The van der Waals surface area contributed by atoms with Crippen LogP contribution in [0, 0.1) is 0 Å². The number of oxazole rings is 1. The highest BCUT2D eigenvalue weighted by Crippen LogP contribution is 2.30. The third-order valence-electron chi connectivity index (χ3n) is 2.80. The van der Waals surface area contributed by atoms with Gasteiger partial charge in [-0.25, -0.2) is 4.98 Å². The summed E-state index contributed by atoms with van der Waals surface area (Å²) in [6, 6.07) is 0. The van der Waals surface area contributed by atoms with Crippen molar-refractivity contribution in [3.05, 3.63) is 17.8 Å². The van der Waals surface area contributed by atoms with Crippen LogP contribution >= 0.6 is 11.8 Å². The van der Waals surface area contributed by atoms with E-state index in [2.05, 4.69) is 4.98 Å². The molecule has 0 unspecified atom stereocenters. The van der Waals surface area contributed by atoms with Gasteiger partial charge < -0.3 is 10.2 Å². The molecule has 0 aliphatic carbocycles. The Morgan fingerprint density at radius 3 is 3.00 bits per heavy atom. The Morgan fingerprint density at radius 1 is 1.47 bits per heavy atom. The predicted molar refractivity (Wildman–Crippen MR) is 63.2 cm³/mol. The normalized spacial score (nSPS) is 18.2. The van der Waals surface area contributed by atoms with Gasteiger partial charge in [0.25, 0.3) is 0 Å². The molecule has 2 heterocycles. The fourth-order valence-corrected chi connectivity index (χ4v) is 2.98. The van der Waals surface area contributed by atoms with Gasteiger partial charge in [0.15, 0.2) is 5.89 Å². The Morgan fingerprint density at radius 2 is 2.27 bits per heavy atom. The molecular formula is C11H18N2OS. The van der Waals surface area contributed by atoms with Gasteiger partial charge in [-0.3, -0.25) is 0 Å². The summed E-state index contributed by atoms with van der Waals surface area (Å²) in [6.45, 7) is 0.706. The van der Waals surface area contributed by atoms with Gasteiger partial charge in [0.2, 0.25) is 0 Å². The molecule has 0 saturated carbocycles. The van der Waals surface area contributed by atoms with Crippen molar-refractivity contribution in [1.29, 1.82) is 0 Å². The number of thioether (sulfide) groups is 1. The van der Waals surface area contributed by atoms with Gasteiger partial charge in [0.05, 0.1) is 5.69 Å². The van der Waals surface area contributed by atoms with Crippen LogP contribution in [-0.2, 0) is 6.42 Å². The summed E-state index contributed by atoms with van der Waals surface area (Å²) in [4.78, 5) is 4.54. The van der Waals surface area contributed by atoms with Crippen molar-refractivity contribution >= 4 is 11.8 Å². The monoisotopic (exact) mass is 226 g/mol. The number of hydrogen-bond donors (Lipinski definition) is 1. The second kappa shape index (κ2) is 5.56. The molecule has 1 fully saturated rings. The molecule has 0 bridgehead atoms. The van der Waals surface area contributed by atoms with Crippen LogP contribution in [0.3, 0.4) is 0 Å². The average Bonchev–Trinajstić information content (AvgIpc) is 2.76. The van der Waals surface area contributed by atoms with E-state index in [0.29, 0.717) is 12.5 Å². The molecule has 0 aromatic carbocycles. The van der Waals surface area contributed by atoms with E-state index >= 15 is 0 Å². The molecule has 1 saturated heterocycles. The van der Waals surface area contributed by atoms with E-state index in [1.54, 1.807) is 0 Å². The number of nitrogens with two attached hydrogens (primary N) is 1. The molecule has 4 heteroatoms. The SMILES string of the molecule is NCCCc1nc(C2CCSCC2)co1. The van der Waals surface area contributed by atoms with Crippen molar-refractivity contribution in [2.75, 3.05) is 18.1 Å². The number of nitrogens with zero attached hydrogens (tertiary/aromatic N) is 1. The van der Waals surface area contributed by atoms with E-state index in [1.165, 1.54) is 24.3 Å². The van der Waals surface area contributed by atoms with Crippen LogP contribution in [0.5, 0.6) is 0 Å². The maximum atomic E-state index is 5.45. The summed E-state index contributed by atoms with van der Waals surface area (Å²) < 4.78 is 5.45. The lowest BCUT2D eigenvalue weighted by Crippen LogP contribution is -2.08. The van der Waals surface area contributed by atoms with E-state index < -0.39 is 0 Å². The van der Waals surface area contributed by atoms with Gasteiger partial charge in [-0.15, -0.1) is 0 Å². The zero-order valence-corrected chi connectivity index (χ0v) is 9.76. The van der Waals surface area contributed by atoms with Gasteiger partial charge in [-0.2, -0.15) is 11.8 Å². The van der Waals surface area contributed by atoms with Crippen LogP contribution in [0.25, 0.3) is 0 Å². The zero-order valence-electron chi connectivity index (χ0n) is 8.95. The molecule has 1 aliphatic rings. The minimum atomic E-state index is 0.627. The first-order valence-corrected chi connectivity index (χ1v) is 6.77. The van der Waals surface area contributed by atoms with Gasteiger partial charge in [-0.05, 0) is 37.3 Å². The van der Waals surface area contributed by atoms with E-state index in [4.69, 9.17) is 10.2 Å². The maximum absolute atomic E-state index is 5.45. The molecule has 3 nitrogen and oxygen atoms in total. The van der Waals surface area contributed by atoms with Crippen molar-refractivity contribution in [1.82, 2.24) is 4.98 Å². The quantitative estimate of drug-likeness (QED) is 0.855. The second-order valence-electron chi connectivity index (χ2n) is 3.94. The highest BCUT2D eigenvalue weighted by Gasteiger charge is 2.19. The molecule has 1 aromatic rings. The van der Waals surface area contributed by atoms with Gasteiger partial charge in [0.1, 0.15) is 6.26 Å². The lowest BCUT2D eigenvalue weighted by atomic mass is 10.00. The van der Waals surface area contributed by atoms with Crippen LogP contribution in [0.1, 0.15) is 36.8 Å². The largest absolute Gasteiger partial charge is 0.449 e. The first kappa shape index (κ1) is 11.0. The first-order valence-electron chi connectivity index (χ1n) is 5.62. The standard InChI is InChI=1S/C11H18N2OS/c12-5-1-2-11-13-10(8-14-11)9-3-6-15-7-4-9/h8-9H,1-7,12H2. The zero-order chi connectivity index (χ0) is 10.5. The topological polar surface area (TPSA) is 52.0 Å². The summed E-state index contributed by atoms with van der Waals surface area (Å²) >= 11 is 2.04. The molecular weight excluding hydrogens is 208 g/mol. The highest BCUT2D eigenvalue weighted by atomic mass is 32.2. The Hall–Kier alpha value is -0.480. The molecule has 1 aliphatic heterocycles. The average molecular weight is 226 g/mol. The Kier molecular flexibility index (Phi) is 4.09. The Labute approximate surface area is 94.8 Å². The summed E-state index contributed by atoms with van der Waals surface area (Å²) in [5, 5.41) is 0. The summed E-state index contributed by atoms with van der Waals surface area (Å²) in [6.07, 6.45) is 6.16. The van der Waals surface area contributed by atoms with Crippen molar-refractivity contribution < 1.29 is 4.42 Å². The van der Waals surface area contributed by atoms with Crippen LogP contribution in [-0.4, -0.2) is 23.0 Å². The molecule has 15 heavy (non-hydrogen) atoms. The molecule has 0 spiro atoms. The minimum absolute atomic E-state index is 0.627. The third-order valence-corrected chi connectivity index (χ3v) is 3.85. The van der Waals surface area contributed by atoms with E-state index in [9.17, 15) is 0 Å². The van der Waals surface area contributed by atoms with Crippen LogP contribution in [0.4, 0.5) is 0 Å². The van der Waals surface area contributed by atoms with Gasteiger partial charge in [-0.1, -0.05) is 0 Å². The molecule has 84 valence electrons. The number of aromatic nitrogens is 1. The molecule has 1 aromatic heterocycles. The lowest BCUT2D eigenvalue weighted by Gasteiger charge is -2.18. The Bertz CT molecular complexity index is 295. The molecule has 0 amide bonds. The third kappa shape index (κ3) is 2.98. The molecule has 0 radical (unpaired) electrons.